The average Bonchev–Trinajstić information content (AvgIpc) is 3.07. The summed E-state index contributed by atoms with van der Waals surface area (Å²) in [5.41, 5.74) is 1.39. The molecule has 2 aromatic rings. The SMILES string of the molecule is CCOC(=O)CCCN1C(=O)/C(=C/c2cc(Br)c(OCc3c(Cl)cccc3Cl)c(OC)c2)SC1=S. The molecule has 11 heteroatoms. The molecule has 1 saturated heterocycles. The van der Waals surface area contributed by atoms with Crippen LogP contribution in [0.1, 0.15) is 30.9 Å². The Hall–Kier alpha value is -1.78. The number of hydrogen-bond donors (Lipinski definition) is 0. The van der Waals surface area contributed by atoms with E-state index in [1.54, 1.807) is 37.3 Å². The summed E-state index contributed by atoms with van der Waals surface area (Å²) in [5.74, 6) is 0.461. The molecule has 0 radical (unpaired) electrons. The lowest BCUT2D eigenvalue weighted by molar-refractivity contribution is -0.143. The van der Waals surface area contributed by atoms with Crippen LogP contribution in [0.4, 0.5) is 0 Å². The minimum Gasteiger partial charge on any atom is -0.493 e. The van der Waals surface area contributed by atoms with Crippen LogP contribution < -0.4 is 9.47 Å². The van der Waals surface area contributed by atoms with Crippen molar-refractivity contribution in [3.63, 3.8) is 0 Å². The van der Waals surface area contributed by atoms with Gasteiger partial charge in [0, 0.05) is 28.6 Å². The second-order valence-corrected chi connectivity index (χ2v) is 10.6. The Morgan fingerprint density at radius 3 is 2.63 bits per heavy atom. The van der Waals surface area contributed by atoms with Crippen molar-refractivity contribution in [1.29, 1.82) is 0 Å². The van der Waals surface area contributed by atoms with Gasteiger partial charge in [0.15, 0.2) is 11.5 Å². The van der Waals surface area contributed by atoms with Crippen LogP contribution in [0.3, 0.4) is 0 Å². The van der Waals surface area contributed by atoms with E-state index in [9.17, 15) is 9.59 Å². The Kier molecular flexibility index (Phi) is 10.3. The fourth-order valence-electron chi connectivity index (χ4n) is 3.24. The third-order valence-electron chi connectivity index (χ3n) is 4.91. The molecular formula is C24H22BrCl2NO5S2. The maximum absolute atomic E-state index is 12.9. The minimum absolute atomic E-state index is 0.150. The van der Waals surface area contributed by atoms with Crippen LogP contribution >= 0.6 is 63.1 Å². The van der Waals surface area contributed by atoms with Gasteiger partial charge in [-0.1, -0.05) is 53.2 Å². The standard InChI is InChI=1S/C24H22BrCl2NO5S2/c1-3-32-21(29)8-5-9-28-23(30)20(35-24(28)34)12-14-10-16(25)22(19(11-14)31-2)33-13-15-17(26)6-4-7-18(15)27/h4,6-7,10-12H,3,5,8-9,13H2,1-2H3/b20-12-. The molecule has 1 aliphatic heterocycles. The van der Waals surface area contributed by atoms with Gasteiger partial charge in [-0.15, -0.1) is 0 Å². The van der Waals surface area contributed by atoms with Crippen molar-refractivity contribution >= 4 is 85.4 Å². The number of methoxy groups -OCH3 is 1. The summed E-state index contributed by atoms with van der Waals surface area (Å²) in [6, 6.07) is 8.84. The van der Waals surface area contributed by atoms with Crippen LogP contribution in [0, 0.1) is 0 Å². The van der Waals surface area contributed by atoms with Gasteiger partial charge in [-0.25, -0.2) is 0 Å². The van der Waals surface area contributed by atoms with Crippen LogP contribution in [0.15, 0.2) is 39.7 Å². The first-order valence-electron chi connectivity index (χ1n) is 10.6. The fraction of sp³-hybridized carbons (Fsp3) is 0.292. The second kappa shape index (κ2) is 13.0. The Bertz CT molecular complexity index is 1150. The highest BCUT2D eigenvalue weighted by molar-refractivity contribution is 9.10. The summed E-state index contributed by atoms with van der Waals surface area (Å²) in [4.78, 5) is 26.4. The Balaban J connectivity index is 1.74. The highest BCUT2D eigenvalue weighted by Crippen LogP contribution is 2.40. The maximum Gasteiger partial charge on any atom is 0.305 e. The van der Waals surface area contributed by atoms with Crippen LogP contribution in [0.2, 0.25) is 10.0 Å². The largest absolute Gasteiger partial charge is 0.493 e. The summed E-state index contributed by atoms with van der Waals surface area (Å²) in [6.07, 6.45) is 2.45. The smallest absolute Gasteiger partial charge is 0.305 e. The van der Waals surface area contributed by atoms with Crippen molar-refractivity contribution in [1.82, 2.24) is 4.90 Å². The fourth-order valence-corrected chi connectivity index (χ4v) is 5.63. The first-order chi connectivity index (χ1) is 16.7. The molecule has 0 N–H and O–H groups in total. The van der Waals surface area contributed by atoms with Gasteiger partial charge in [0.2, 0.25) is 0 Å². The molecule has 0 spiro atoms. The molecule has 2 aromatic carbocycles. The Morgan fingerprint density at radius 1 is 1.26 bits per heavy atom. The zero-order valence-electron chi connectivity index (χ0n) is 18.9. The number of esters is 1. The van der Waals surface area contributed by atoms with E-state index in [-0.39, 0.29) is 24.9 Å². The summed E-state index contributed by atoms with van der Waals surface area (Å²) in [6.45, 7) is 2.59. The second-order valence-electron chi connectivity index (χ2n) is 7.26. The molecule has 1 fully saturated rings. The van der Waals surface area contributed by atoms with Crippen LogP contribution in [0.5, 0.6) is 11.5 Å². The number of amides is 1. The molecule has 0 unspecified atom stereocenters. The number of rotatable bonds is 10. The van der Waals surface area contributed by atoms with Gasteiger partial charge in [-0.3, -0.25) is 14.5 Å². The number of ether oxygens (including phenoxy) is 3. The van der Waals surface area contributed by atoms with Crippen molar-refractivity contribution < 1.29 is 23.8 Å². The zero-order valence-corrected chi connectivity index (χ0v) is 23.7. The monoisotopic (exact) mass is 617 g/mol. The third-order valence-corrected chi connectivity index (χ3v) is 7.59. The van der Waals surface area contributed by atoms with E-state index in [0.717, 1.165) is 5.56 Å². The van der Waals surface area contributed by atoms with E-state index in [2.05, 4.69) is 15.9 Å². The van der Waals surface area contributed by atoms with Gasteiger partial charge in [0.1, 0.15) is 10.9 Å². The molecule has 0 aromatic heterocycles. The van der Waals surface area contributed by atoms with Gasteiger partial charge >= 0.3 is 5.97 Å². The highest BCUT2D eigenvalue weighted by Gasteiger charge is 2.31. The predicted molar refractivity (Wildman–Crippen MR) is 147 cm³/mol. The number of thiocarbonyl (C=S) groups is 1. The van der Waals surface area contributed by atoms with Crippen LogP contribution in [-0.2, 0) is 20.9 Å². The van der Waals surface area contributed by atoms with E-state index in [1.807, 2.05) is 6.07 Å². The number of carbonyl (C=O) groups excluding carboxylic acids is 2. The number of carbonyl (C=O) groups is 2. The Labute approximate surface area is 232 Å². The molecule has 1 heterocycles. The molecule has 186 valence electrons. The van der Waals surface area contributed by atoms with Gasteiger partial charge in [0.25, 0.3) is 5.91 Å². The molecule has 0 aliphatic carbocycles. The van der Waals surface area contributed by atoms with Crippen molar-refractivity contribution in [2.75, 3.05) is 20.3 Å². The normalized spacial score (nSPS) is 14.5. The Morgan fingerprint density at radius 2 is 1.97 bits per heavy atom. The van der Waals surface area contributed by atoms with Crippen LogP contribution in [-0.4, -0.2) is 41.4 Å². The molecule has 3 rings (SSSR count). The van der Waals surface area contributed by atoms with E-state index in [4.69, 9.17) is 49.6 Å². The van der Waals surface area contributed by atoms with Crippen molar-refractivity contribution in [2.45, 2.75) is 26.4 Å². The molecule has 1 aliphatic rings. The number of benzene rings is 2. The van der Waals surface area contributed by atoms with E-state index in [0.29, 0.717) is 60.4 Å². The number of nitrogens with zero attached hydrogens (tertiary/aromatic N) is 1. The molecular weight excluding hydrogens is 597 g/mol. The molecule has 1 amide bonds. The molecule has 35 heavy (non-hydrogen) atoms. The van der Waals surface area contributed by atoms with E-state index < -0.39 is 0 Å². The summed E-state index contributed by atoms with van der Waals surface area (Å²) in [7, 11) is 1.53. The highest BCUT2D eigenvalue weighted by atomic mass is 79.9. The first kappa shape index (κ1) is 27.8. The van der Waals surface area contributed by atoms with E-state index in [1.165, 1.54) is 23.8 Å². The topological polar surface area (TPSA) is 65.1 Å². The van der Waals surface area contributed by atoms with Gasteiger partial charge < -0.3 is 14.2 Å². The molecule has 0 atom stereocenters. The summed E-state index contributed by atoms with van der Waals surface area (Å²) in [5, 5.41) is 1.02. The minimum atomic E-state index is -0.287. The van der Waals surface area contributed by atoms with Crippen molar-refractivity contribution in [3.05, 3.63) is 60.9 Å². The number of thioether (sulfide) groups is 1. The quantitative estimate of drug-likeness (QED) is 0.163. The number of hydrogen-bond acceptors (Lipinski definition) is 7. The number of halogens is 3. The lowest BCUT2D eigenvalue weighted by Gasteiger charge is -2.15. The van der Waals surface area contributed by atoms with Crippen molar-refractivity contribution in [2.24, 2.45) is 0 Å². The van der Waals surface area contributed by atoms with Gasteiger partial charge in [-0.05, 0) is 65.2 Å². The maximum atomic E-state index is 12.9. The molecule has 0 bridgehead atoms. The molecule has 0 saturated carbocycles. The van der Waals surface area contributed by atoms with E-state index >= 15 is 0 Å². The predicted octanol–water partition coefficient (Wildman–Crippen LogP) is 6.89. The molecule has 6 nitrogen and oxygen atoms in total. The average molecular weight is 619 g/mol. The van der Waals surface area contributed by atoms with Gasteiger partial charge in [0.05, 0.1) is 23.1 Å². The lowest BCUT2D eigenvalue weighted by atomic mass is 10.1. The zero-order chi connectivity index (χ0) is 25.5. The first-order valence-corrected chi connectivity index (χ1v) is 13.4. The van der Waals surface area contributed by atoms with Gasteiger partial charge in [-0.2, -0.15) is 0 Å². The lowest BCUT2D eigenvalue weighted by Crippen LogP contribution is -2.29. The summed E-state index contributed by atoms with van der Waals surface area (Å²) >= 11 is 22.6. The summed E-state index contributed by atoms with van der Waals surface area (Å²) < 4.78 is 17.5. The van der Waals surface area contributed by atoms with Crippen LogP contribution in [0.25, 0.3) is 6.08 Å². The third kappa shape index (κ3) is 7.13. The van der Waals surface area contributed by atoms with Crippen molar-refractivity contribution in [3.8, 4) is 11.5 Å².